The van der Waals surface area contributed by atoms with Gasteiger partial charge in [0.05, 0.1) is 0 Å². The van der Waals surface area contributed by atoms with Gasteiger partial charge in [0.2, 0.25) is 0 Å². The fourth-order valence-corrected chi connectivity index (χ4v) is 2.00. The monoisotopic (exact) mass is 270 g/mol. The zero-order valence-corrected chi connectivity index (χ0v) is 12.2. The molecule has 0 fully saturated rings. The molecule has 0 spiro atoms. The van der Waals surface area contributed by atoms with Gasteiger partial charge in [-0.15, -0.1) is 0 Å². The maximum atomic E-state index is 4.52. The van der Waals surface area contributed by atoms with Crippen LogP contribution in [0.15, 0.2) is 42.9 Å². The second kappa shape index (κ2) is 7.60. The van der Waals surface area contributed by atoms with Crippen molar-refractivity contribution in [3.8, 4) is 0 Å². The Labute approximate surface area is 120 Å². The number of hydrogen-bond donors (Lipinski definition) is 1. The predicted molar refractivity (Wildman–Crippen MR) is 82.6 cm³/mol. The van der Waals surface area contributed by atoms with Gasteiger partial charge in [-0.3, -0.25) is 4.98 Å². The van der Waals surface area contributed by atoms with Crippen LogP contribution in [-0.2, 0) is 13.1 Å². The van der Waals surface area contributed by atoms with Crippen LogP contribution in [-0.4, -0.2) is 23.6 Å². The molecule has 20 heavy (non-hydrogen) atoms. The number of pyridine rings is 2. The highest BCUT2D eigenvalue weighted by Gasteiger charge is 2.03. The van der Waals surface area contributed by atoms with E-state index in [-0.39, 0.29) is 0 Å². The van der Waals surface area contributed by atoms with Crippen molar-refractivity contribution < 1.29 is 0 Å². The first-order valence-corrected chi connectivity index (χ1v) is 7.05. The molecule has 2 heterocycles. The van der Waals surface area contributed by atoms with E-state index in [1.165, 1.54) is 11.1 Å². The molecule has 0 aliphatic heterocycles. The molecule has 0 radical (unpaired) electrons. The maximum Gasteiger partial charge on any atom is 0.128 e. The normalized spacial score (nSPS) is 10.5. The fraction of sp³-hybridized carbons (Fsp3) is 0.375. The fourth-order valence-electron chi connectivity index (χ4n) is 2.00. The van der Waals surface area contributed by atoms with Crippen LogP contribution in [0.5, 0.6) is 0 Å². The van der Waals surface area contributed by atoms with Crippen molar-refractivity contribution >= 4 is 5.82 Å². The number of aromatic nitrogens is 2. The highest BCUT2D eigenvalue weighted by molar-refractivity contribution is 5.39. The van der Waals surface area contributed by atoms with Crippen LogP contribution >= 0.6 is 0 Å². The Morgan fingerprint density at radius 2 is 2.05 bits per heavy atom. The first-order valence-electron chi connectivity index (χ1n) is 7.05. The van der Waals surface area contributed by atoms with E-state index >= 15 is 0 Å². The molecule has 1 N–H and O–H groups in total. The van der Waals surface area contributed by atoms with Gasteiger partial charge >= 0.3 is 0 Å². The lowest BCUT2D eigenvalue weighted by molar-refractivity contribution is 0.673. The molecule has 0 aliphatic carbocycles. The van der Waals surface area contributed by atoms with E-state index < -0.39 is 0 Å². The Morgan fingerprint density at radius 1 is 1.15 bits per heavy atom. The molecule has 4 nitrogen and oxygen atoms in total. The minimum Gasteiger partial charge on any atom is -0.355 e. The van der Waals surface area contributed by atoms with Gasteiger partial charge in [0.25, 0.3) is 0 Å². The van der Waals surface area contributed by atoms with Crippen molar-refractivity contribution in [1.29, 1.82) is 0 Å². The Hall–Kier alpha value is -1.94. The number of rotatable bonds is 7. The summed E-state index contributed by atoms with van der Waals surface area (Å²) in [5, 5.41) is 3.38. The SMILES string of the molecule is CCCNCc1ccc(N(C)Cc2cccnc2)nc1. The lowest BCUT2D eigenvalue weighted by Crippen LogP contribution is -2.18. The molecule has 4 heteroatoms. The van der Waals surface area contributed by atoms with Crippen LogP contribution in [0.4, 0.5) is 5.82 Å². The van der Waals surface area contributed by atoms with Gasteiger partial charge in [-0.25, -0.2) is 4.98 Å². The van der Waals surface area contributed by atoms with E-state index in [1.807, 2.05) is 25.5 Å². The van der Waals surface area contributed by atoms with E-state index in [0.717, 1.165) is 31.9 Å². The summed E-state index contributed by atoms with van der Waals surface area (Å²) in [6.07, 6.45) is 6.77. The smallest absolute Gasteiger partial charge is 0.128 e. The van der Waals surface area contributed by atoms with E-state index in [0.29, 0.717) is 0 Å². The molecule has 0 atom stereocenters. The average molecular weight is 270 g/mol. The minimum atomic E-state index is 0.814. The molecule has 2 rings (SSSR count). The van der Waals surface area contributed by atoms with Crippen LogP contribution in [0.3, 0.4) is 0 Å². The number of nitrogens with zero attached hydrogens (tertiary/aromatic N) is 3. The van der Waals surface area contributed by atoms with E-state index in [4.69, 9.17) is 0 Å². The molecule has 0 aromatic carbocycles. The van der Waals surface area contributed by atoms with Gasteiger partial charge in [0.1, 0.15) is 5.82 Å². The van der Waals surface area contributed by atoms with Gasteiger partial charge < -0.3 is 10.2 Å². The van der Waals surface area contributed by atoms with Crippen molar-refractivity contribution in [2.24, 2.45) is 0 Å². The molecule has 0 amide bonds. The van der Waals surface area contributed by atoms with Gasteiger partial charge in [0.15, 0.2) is 0 Å². The van der Waals surface area contributed by atoms with Crippen LogP contribution in [0.1, 0.15) is 24.5 Å². The highest BCUT2D eigenvalue weighted by Crippen LogP contribution is 2.12. The van der Waals surface area contributed by atoms with E-state index in [9.17, 15) is 0 Å². The summed E-state index contributed by atoms with van der Waals surface area (Å²) in [7, 11) is 2.05. The van der Waals surface area contributed by atoms with Gasteiger partial charge in [-0.2, -0.15) is 0 Å². The third-order valence-corrected chi connectivity index (χ3v) is 3.10. The maximum absolute atomic E-state index is 4.52. The second-order valence-corrected chi connectivity index (χ2v) is 4.92. The second-order valence-electron chi connectivity index (χ2n) is 4.92. The van der Waals surface area contributed by atoms with E-state index in [2.05, 4.69) is 45.3 Å². The van der Waals surface area contributed by atoms with Gasteiger partial charge in [0, 0.05) is 38.7 Å². The summed E-state index contributed by atoms with van der Waals surface area (Å²) < 4.78 is 0. The molecule has 0 aliphatic rings. The van der Waals surface area contributed by atoms with E-state index in [1.54, 1.807) is 6.20 Å². The number of nitrogens with one attached hydrogen (secondary N) is 1. The zero-order valence-electron chi connectivity index (χ0n) is 12.2. The minimum absolute atomic E-state index is 0.814. The summed E-state index contributed by atoms with van der Waals surface area (Å²) in [5.74, 6) is 0.980. The number of anilines is 1. The molecule has 106 valence electrons. The molecular weight excluding hydrogens is 248 g/mol. The Morgan fingerprint density at radius 3 is 2.70 bits per heavy atom. The summed E-state index contributed by atoms with van der Waals surface area (Å²) >= 11 is 0. The first-order chi connectivity index (χ1) is 9.79. The molecule has 2 aromatic rings. The predicted octanol–water partition coefficient (Wildman–Crippen LogP) is 2.61. The Balaban J connectivity index is 1.92. The van der Waals surface area contributed by atoms with Crippen LogP contribution in [0.2, 0.25) is 0 Å². The third-order valence-electron chi connectivity index (χ3n) is 3.10. The van der Waals surface area contributed by atoms with Crippen molar-refractivity contribution in [1.82, 2.24) is 15.3 Å². The van der Waals surface area contributed by atoms with Crippen LogP contribution < -0.4 is 10.2 Å². The summed E-state index contributed by atoms with van der Waals surface area (Å²) in [4.78, 5) is 10.8. The summed E-state index contributed by atoms with van der Waals surface area (Å²) in [6.45, 7) is 4.91. The molecule has 0 saturated carbocycles. The topological polar surface area (TPSA) is 41.0 Å². The summed E-state index contributed by atoms with van der Waals surface area (Å²) in [5.41, 5.74) is 2.41. The Bertz CT molecular complexity index is 496. The molecule has 0 bridgehead atoms. The van der Waals surface area contributed by atoms with Crippen molar-refractivity contribution in [2.45, 2.75) is 26.4 Å². The lowest BCUT2D eigenvalue weighted by atomic mass is 10.2. The quantitative estimate of drug-likeness (QED) is 0.785. The third kappa shape index (κ3) is 4.31. The van der Waals surface area contributed by atoms with Crippen molar-refractivity contribution in [2.75, 3.05) is 18.5 Å². The average Bonchev–Trinajstić information content (AvgIpc) is 2.49. The highest BCUT2D eigenvalue weighted by atomic mass is 15.2. The summed E-state index contributed by atoms with van der Waals surface area (Å²) in [6, 6.07) is 8.23. The Kier molecular flexibility index (Phi) is 5.50. The first kappa shape index (κ1) is 14.5. The van der Waals surface area contributed by atoms with Gasteiger partial charge in [-0.1, -0.05) is 19.1 Å². The molecule has 2 aromatic heterocycles. The van der Waals surface area contributed by atoms with Crippen LogP contribution in [0.25, 0.3) is 0 Å². The largest absolute Gasteiger partial charge is 0.355 e. The zero-order chi connectivity index (χ0) is 14.2. The van der Waals surface area contributed by atoms with Crippen molar-refractivity contribution in [3.63, 3.8) is 0 Å². The van der Waals surface area contributed by atoms with Crippen LogP contribution in [0, 0.1) is 0 Å². The molecule has 0 saturated heterocycles. The van der Waals surface area contributed by atoms with Gasteiger partial charge in [-0.05, 0) is 36.2 Å². The lowest BCUT2D eigenvalue weighted by Gasteiger charge is -2.18. The molecular formula is C16H22N4. The standard InChI is InChI=1S/C16H22N4/c1-3-8-17-10-14-6-7-16(19-12-14)20(2)13-15-5-4-9-18-11-15/h4-7,9,11-12,17H,3,8,10,13H2,1-2H3. The van der Waals surface area contributed by atoms with Crippen molar-refractivity contribution in [3.05, 3.63) is 54.0 Å². The number of hydrogen-bond acceptors (Lipinski definition) is 4. The molecule has 0 unspecified atom stereocenters.